The smallest absolute Gasteiger partial charge is 0.244 e. The monoisotopic (exact) mass is 449 g/mol. The van der Waals surface area contributed by atoms with E-state index in [1.54, 1.807) is 12.1 Å². The van der Waals surface area contributed by atoms with Gasteiger partial charge < -0.3 is 14.6 Å². The van der Waals surface area contributed by atoms with Crippen molar-refractivity contribution in [1.29, 1.82) is 0 Å². The highest BCUT2D eigenvalue weighted by atomic mass is 19.2. The molecule has 0 saturated carbocycles. The highest BCUT2D eigenvalue weighted by Crippen LogP contribution is 2.21. The Morgan fingerprint density at radius 2 is 1.79 bits per heavy atom. The van der Waals surface area contributed by atoms with Crippen LogP contribution in [0.25, 0.3) is 10.9 Å². The van der Waals surface area contributed by atoms with Crippen LogP contribution in [0.5, 0.6) is 5.75 Å². The number of hydrogen-bond donors (Lipinski definition) is 1. The van der Waals surface area contributed by atoms with E-state index in [-0.39, 0.29) is 28.7 Å². The number of anilines is 1. The normalized spacial score (nSPS) is 10.8. The Bertz CT molecular complexity index is 1440. The third-order valence-corrected chi connectivity index (χ3v) is 4.99. The second-order valence-electron chi connectivity index (χ2n) is 7.12. The summed E-state index contributed by atoms with van der Waals surface area (Å²) >= 11 is 0. The summed E-state index contributed by atoms with van der Waals surface area (Å²) in [4.78, 5) is 42.6. The van der Waals surface area contributed by atoms with Crippen LogP contribution in [0.15, 0.2) is 71.9 Å². The Kier molecular flexibility index (Phi) is 5.95. The number of aromatic nitrogens is 2. The number of carbonyl (C=O) groups is 2. The Labute approximate surface area is 186 Å². The number of nitrogens with zero attached hydrogens (tertiary/aromatic N) is 2. The molecule has 1 N–H and O–H groups in total. The Hall–Kier alpha value is -4.40. The molecule has 7 nitrogen and oxygen atoms in total. The Morgan fingerprint density at radius 3 is 2.48 bits per heavy atom. The molecule has 2 aromatic heterocycles. The van der Waals surface area contributed by atoms with Gasteiger partial charge in [-0.15, -0.1) is 0 Å². The fraction of sp³-hybridized carbons (Fsp3) is 0.0833. The lowest BCUT2D eigenvalue weighted by Crippen LogP contribution is -2.24. The summed E-state index contributed by atoms with van der Waals surface area (Å²) in [5, 5.41) is 2.70. The quantitative estimate of drug-likeness (QED) is 0.455. The first kappa shape index (κ1) is 21.8. The van der Waals surface area contributed by atoms with E-state index in [0.717, 1.165) is 12.1 Å². The van der Waals surface area contributed by atoms with Gasteiger partial charge >= 0.3 is 0 Å². The van der Waals surface area contributed by atoms with Gasteiger partial charge in [-0.05, 0) is 36.4 Å². The number of fused-ring (bicyclic) bond motifs is 1. The summed E-state index contributed by atoms with van der Waals surface area (Å²) in [6, 6.07) is 10.6. The van der Waals surface area contributed by atoms with Gasteiger partial charge in [0.15, 0.2) is 17.4 Å². The van der Waals surface area contributed by atoms with Crippen molar-refractivity contribution in [2.45, 2.75) is 6.54 Å². The average Bonchev–Trinajstić information content (AvgIpc) is 2.83. The molecule has 0 bridgehead atoms. The number of amides is 1. The standard InChI is InChI=1S/C24H17F2N3O4/c1-33-16-3-4-17-21(11-16)29(13-22(30)28-15-2-5-19(25)20(26)10-15)12-18(24(17)32)23(31)14-6-8-27-9-7-14/h2-12H,13H2,1H3,(H,28,30). The topological polar surface area (TPSA) is 90.3 Å². The van der Waals surface area contributed by atoms with Crippen LogP contribution in [0.1, 0.15) is 15.9 Å². The van der Waals surface area contributed by atoms with E-state index in [4.69, 9.17) is 4.74 Å². The van der Waals surface area contributed by atoms with Crippen LogP contribution >= 0.6 is 0 Å². The van der Waals surface area contributed by atoms with E-state index in [0.29, 0.717) is 11.3 Å². The minimum atomic E-state index is -1.10. The van der Waals surface area contributed by atoms with Crippen LogP contribution in [0.3, 0.4) is 0 Å². The zero-order valence-corrected chi connectivity index (χ0v) is 17.3. The van der Waals surface area contributed by atoms with Crippen LogP contribution in [-0.4, -0.2) is 28.4 Å². The molecule has 0 radical (unpaired) electrons. The first-order valence-electron chi connectivity index (χ1n) is 9.78. The lowest BCUT2D eigenvalue weighted by molar-refractivity contribution is -0.116. The van der Waals surface area contributed by atoms with Gasteiger partial charge in [0.05, 0.1) is 18.2 Å². The molecular weight excluding hydrogens is 432 g/mol. The van der Waals surface area contributed by atoms with Gasteiger partial charge in [0.1, 0.15) is 12.3 Å². The third kappa shape index (κ3) is 4.47. The molecule has 33 heavy (non-hydrogen) atoms. The number of rotatable bonds is 6. The first-order chi connectivity index (χ1) is 15.9. The minimum absolute atomic E-state index is 0.0647. The molecule has 166 valence electrons. The molecule has 2 heterocycles. The van der Waals surface area contributed by atoms with Crippen molar-refractivity contribution in [1.82, 2.24) is 9.55 Å². The molecule has 9 heteroatoms. The van der Waals surface area contributed by atoms with Gasteiger partial charge in [0, 0.05) is 47.4 Å². The number of halogens is 2. The van der Waals surface area contributed by atoms with Crippen molar-refractivity contribution in [3.63, 3.8) is 0 Å². The Balaban J connectivity index is 1.77. The Morgan fingerprint density at radius 1 is 1.03 bits per heavy atom. The molecule has 0 aliphatic heterocycles. The molecule has 4 aromatic rings. The van der Waals surface area contributed by atoms with Crippen molar-refractivity contribution in [3.05, 3.63) is 100 Å². The van der Waals surface area contributed by atoms with Gasteiger partial charge in [-0.25, -0.2) is 8.78 Å². The lowest BCUT2D eigenvalue weighted by Gasteiger charge is -2.14. The highest BCUT2D eigenvalue weighted by molar-refractivity contribution is 6.10. The second kappa shape index (κ2) is 8.99. The summed E-state index contributed by atoms with van der Waals surface area (Å²) in [6.45, 7) is -0.306. The van der Waals surface area contributed by atoms with Crippen molar-refractivity contribution in [3.8, 4) is 5.75 Å². The predicted octanol–water partition coefficient (Wildman–Crippen LogP) is 3.55. The van der Waals surface area contributed by atoms with Crippen LogP contribution in [0.2, 0.25) is 0 Å². The number of ketones is 1. The van der Waals surface area contributed by atoms with Crippen LogP contribution in [-0.2, 0) is 11.3 Å². The van der Waals surface area contributed by atoms with E-state index < -0.39 is 28.8 Å². The SMILES string of the molecule is COc1ccc2c(=O)c(C(=O)c3ccncc3)cn(CC(=O)Nc3ccc(F)c(F)c3)c2c1. The fourth-order valence-electron chi connectivity index (χ4n) is 3.38. The minimum Gasteiger partial charge on any atom is -0.497 e. The number of pyridine rings is 2. The molecule has 0 spiro atoms. The van der Waals surface area contributed by atoms with Crippen molar-refractivity contribution >= 4 is 28.3 Å². The maximum atomic E-state index is 13.5. The summed E-state index contributed by atoms with van der Waals surface area (Å²) in [5.41, 5.74) is 0.0833. The molecule has 2 aromatic carbocycles. The molecule has 0 aliphatic rings. The number of benzene rings is 2. The molecule has 0 fully saturated rings. The average molecular weight is 449 g/mol. The number of carbonyl (C=O) groups excluding carboxylic acids is 2. The van der Waals surface area contributed by atoms with Gasteiger partial charge in [0.2, 0.25) is 11.3 Å². The molecular formula is C24H17F2N3O4. The third-order valence-electron chi connectivity index (χ3n) is 4.99. The molecule has 0 saturated heterocycles. The summed E-state index contributed by atoms with van der Waals surface area (Å²) in [7, 11) is 1.46. The fourth-order valence-corrected chi connectivity index (χ4v) is 3.38. The predicted molar refractivity (Wildman–Crippen MR) is 117 cm³/mol. The largest absolute Gasteiger partial charge is 0.497 e. The maximum absolute atomic E-state index is 13.5. The molecule has 0 aliphatic carbocycles. The van der Waals surface area contributed by atoms with E-state index in [9.17, 15) is 23.2 Å². The highest BCUT2D eigenvalue weighted by Gasteiger charge is 2.19. The van der Waals surface area contributed by atoms with E-state index in [1.807, 2.05) is 0 Å². The van der Waals surface area contributed by atoms with E-state index >= 15 is 0 Å². The number of hydrogen-bond acceptors (Lipinski definition) is 5. The molecule has 0 atom stereocenters. The van der Waals surface area contributed by atoms with Crippen LogP contribution < -0.4 is 15.5 Å². The van der Waals surface area contributed by atoms with Gasteiger partial charge in [-0.1, -0.05) is 0 Å². The zero-order chi connectivity index (χ0) is 23.5. The summed E-state index contributed by atoms with van der Waals surface area (Å²) < 4.78 is 33.3. The summed E-state index contributed by atoms with van der Waals surface area (Å²) in [5.74, 6) is -2.78. The first-order valence-corrected chi connectivity index (χ1v) is 9.78. The van der Waals surface area contributed by atoms with Crippen molar-refractivity contribution in [2.24, 2.45) is 0 Å². The van der Waals surface area contributed by atoms with E-state index in [1.165, 1.54) is 54.5 Å². The number of methoxy groups -OCH3 is 1. The van der Waals surface area contributed by atoms with Crippen LogP contribution in [0, 0.1) is 11.6 Å². The van der Waals surface area contributed by atoms with Crippen molar-refractivity contribution < 1.29 is 23.1 Å². The lowest BCUT2D eigenvalue weighted by atomic mass is 10.0. The molecule has 0 unspecified atom stereocenters. The van der Waals surface area contributed by atoms with E-state index in [2.05, 4.69) is 10.3 Å². The maximum Gasteiger partial charge on any atom is 0.244 e. The second-order valence-corrected chi connectivity index (χ2v) is 7.12. The van der Waals surface area contributed by atoms with Crippen molar-refractivity contribution in [2.75, 3.05) is 12.4 Å². The summed E-state index contributed by atoms with van der Waals surface area (Å²) in [6.07, 6.45) is 4.18. The molecule has 1 amide bonds. The number of ether oxygens (including phenoxy) is 1. The van der Waals surface area contributed by atoms with Gasteiger partial charge in [-0.2, -0.15) is 0 Å². The van der Waals surface area contributed by atoms with Gasteiger partial charge in [0.25, 0.3) is 0 Å². The van der Waals surface area contributed by atoms with Gasteiger partial charge in [-0.3, -0.25) is 19.4 Å². The number of nitrogens with one attached hydrogen (secondary N) is 1. The zero-order valence-electron chi connectivity index (χ0n) is 17.3. The van der Waals surface area contributed by atoms with Crippen LogP contribution in [0.4, 0.5) is 14.5 Å². The molecule has 4 rings (SSSR count).